The molecule has 0 aromatic carbocycles. The minimum absolute atomic E-state index is 0.0868. The van der Waals surface area contributed by atoms with Crippen molar-refractivity contribution in [3.8, 4) is 0 Å². The molecule has 0 radical (unpaired) electrons. The van der Waals surface area contributed by atoms with Gasteiger partial charge in [-0.25, -0.2) is 13.2 Å². The molecule has 1 aromatic rings. The Kier molecular flexibility index (Phi) is 3.62. The van der Waals surface area contributed by atoms with E-state index in [1.165, 1.54) is 10.9 Å². The fraction of sp³-hybridized carbons (Fsp3) is 0.667. The summed E-state index contributed by atoms with van der Waals surface area (Å²) < 4.78 is 23.9. The number of carboxylic acids is 1. The van der Waals surface area contributed by atoms with E-state index in [2.05, 4.69) is 10.3 Å². The highest BCUT2D eigenvalue weighted by molar-refractivity contribution is 7.91. The molecule has 0 saturated carbocycles. The van der Waals surface area contributed by atoms with Gasteiger partial charge in [0.2, 0.25) is 0 Å². The Bertz CT molecular complexity index is 525. The van der Waals surface area contributed by atoms with Crippen molar-refractivity contribution in [2.45, 2.75) is 6.54 Å². The molecule has 0 aliphatic carbocycles. The van der Waals surface area contributed by atoms with Crippen molar-refractivity contribution in [2.75, 3.05) is 31.1 Å². The normalized spacial score (nSPS) is 19.8. The molecule has 0 atom stereocenters. The summed E-state index contributed by atoms with van der Waals surface area (Å²) in [5, 5.41) is 15.9. The Balaban J connectivity index is 1.83. The van der Waals surface area contributed by atoms with Gasteiger partial charge in [0.1, 0.15) is 0 Å². The quantitative estimate of drug-likeness (QED) is 0.728. The molecule has 0 spiro atoms. The van der Waals surface area contributed by atoms with Gasteiger partial charge in [-0.3, -0.25) is 9.58 Å². The Hall–Kier alpha value is -1.48. The number of sulfone groups is 1. The van der Waals surface area contributed by atoms with Crippen LogP contribution in [0.2, 0.25) is 0 Å². The lowest BCUT2D eigenvalue weighted by Crippen LogP contribution is -2.41. The molecule has 18 heavy (non-hydrogen) atoms. The van der Waals surface area contributed by atoms with Gasteiger partial charge in [-0.1, -0.05) is 5.21 Å². The van der Waals surface area contributed by atoms with Crippen LogP contribution in [0.3, 0.4) is 0 Å². The number of hydrogen-bond donors (Lipinski definition) is 1. The van der Waals surface area contributed by atoms with E-state index in [0.29, 0.717) is 26.2 Å². The molecule has 9 heteroatoms. The third kappa shape index (κ3) is 3.26. The van der Waals surface area contributed by atoms with Crippen molar-refractivity contribution < 1.29 is 18.3 Å². The second kappa shape index (κ2) is 5.02. The largest absolute Gasteiger partial charge is 0.476 e. The second-order valence-electron chi connectivity index (χ2n) is 4.17. The van der Waals surface area contributed by atoms with E-state index in [4.69, 9.17) is 5.11 Å². The number of aromatic carboxylic acids is 1. The number of carboxylic acid groups (broad SMARTS) is 1. The highest BCUT2D eigenvalue weighted by Gasteiger charge is 2.21. The smallest absolute Gasteiger partial charge is 0.358 e. The van der Waals surface area contributed by atoms with E-state index in [-0.39, 0.29) is 17.2 Å². The molecule has 1 saturated heterocycles. The maximum Gasteiger partial charge on any atom is 0.358 e. The summed E-state index contributed by atoms with van der Waals surface area (Å²) in [6.07, 6.45) is 1.36. The van der Waals surface area contributed by atoms with Crippen molar-refractivity contribution in [3.63, 3.8) is 0 Å². The molecule has 1 aromatic heterocycles. The van der Waals surface area contributed by atoms with Gasteiger partial charge in [-0.15, -0.1) is 5.10 Å². The van der Waals surface area contributed by atoms with E-state index in [1.807, 2.05) is 4.90 Å². The average molecular weight is 274 g/mol. The number of aromatic nitrogens is 3. The molecule has 1 aliphatic rings. The molecular weight excluding hydrogens is 260 g/mol. The van der Waals surface area contributed by atoms with Gasteiger partial charge in [0, 0.05) is 19.6 Å². The monoisotopic (exact) mass is 274 g/mol. The van der Waals surface area contributed by atoms with Crippen LogP contribution in [0.1, 0.15) is 10.5 Å². The molecule has 1 N–H and O–H groups in total. The standard InChI is InChI=1S/C9H14N4O4S/c14-9(15)8-7-13(11-10-8)2-1-12-3-5-18(16,17)6-4-12/h7H,1-6H2,(H,14,15). The highest BCUT2D eigenvalue weighted by atomic mass is 32.2. The molecule has 1 fully saturated rings. The maximum absolute atomic E-state index is 11.2. The minimum atomic E-state index is -2.86. The molecule has 0 amide bonds. The predicted molar refractivity (Wildman–Crippen MR) is 62.1 cm³/mol. The van der Waals surface area contributed by atoms with Crippen LogP contribution in [0, 0.1) is 0 Å². The van der Waals surface area contributed by atoms with E-state index in [9.17, 15) is 13.2 Å². The van der Waals surface area contributed by atoms with E-state index >= 15 is 0 Å². The van der Waals surface area contributed by atoms with Crippen LogP contribution in [-0.2, 0) is 16.4 Å². The molecule has 1 aliphatic heterocycles. The zero-order chi connectivity index (χ0) is 13.2. The van der Waals surface area contributed by atoms with E-state index < -0.39 is 15.8 Å². The summed E-state index contributed by atoms with van der Waals surface area (Å²) in [5.41, 5.74) is -0.0868. The van der Waals surface area contributed by atoms with Crippen molar-refractivity contribution in [3.05, 3.63) is 11.9 Å². The fourth-order valence-corrected chi connectivity index (χ4v) is 3.00. The lowest BCUT2D eigenvalue weighted by Gasteiger charge is -2.26. The Morgan fingerprint density at radius 2 is 2.00 bits per heavy atom. The molecule has 0 bridgehead atoms. The van der Waals surface area contributed by atoms with Gasteiger partial charge in [0.25, 0.3) is 0 Å². The van der Waals surface area contributed by atoms with E-state index in [1.54, 1.807) is 0 Å². The molecule has 2 heterocycles. The van der Waals surface area contributed by atoms with Gasteiger partial charge >= 0.3 is 5.97 Å². The van der Waals surface area contributed by atoms with Gasteiger partial charge < -0.3 is 5.11 Å². The second-order valence-corrected chi connectivity index (χ2v) is 6.47. The van der Waals surface area contributed by atoms with Gasteiger partial charge in [-0.2, -0.15) is 0 Å². The Labute approximate surface area is 104 Å². The zero-order valence-electron chi connectivity index (χ0n) is 9.69. The van der Waals surface area contributed by atoms with Crippen LogP contribution in [0.5, 0.6) is 0 Å². The van der Waals surface area contributed by atoms with E-state index in [0.717, 1.165) is 0 Å². The van der Waals surface area contributed by atoms with Crippen LogP contribution in [-0.4, -0.2) is 70.5 Å². The first kappa shape index (κ1) is 13.0. The lowest BCUT2D eigenvalue weighted by molar-refractivity contribution is 0.0690. The van der Waals surface area contributed by atoms with Crippen LogP contribution < -0.4 is 0 Å². The summed E-state index contributed by atoms with van der Waals surface area (Å²) in [6, 6.07) is 0. The van der Waals surface area contributed by atoms with Gasteiger partial charge in [0.05, 0.1) is 24.2 Å². The Morgan fingerprint density at radius 3 is 2.56 bits per heavy atom. The highest BCUT2D eigenvalue weighted by Crippen LogP contribution is 2.03. The lowest BCUT2D eigenvalue weighted by atomic mass is 10.4. The first-order chi connectivity index (χ1) is 8.46. The molecule has 8 nitrogen and oxygen atoms in total. The number of carbonyl (C=O) groups is 1. The fourth-order valence-electron chi connectivity index (χ4n) is 1.72. The molecule has 100 valence electrons. The number of nitrogens with zero attached hydrogens (tertiary/aromatic N) is 4. The third-order valence-electron chi connectivity index (χ3n) is 2.84. The topological polar surface area (TPSA) is 105 Å². The molecule has 2 rings (SSSR count). The summed E-state index contributed by atoms with van der Waals surface area (Å²) >= 11 is 0. The first-order valence-corrected chi connectivity index (χ1v) is 7.35. The Morgan fingerprint density at radius 1 is 1.33 bits per heavy atom. The van der Waals surface area contributed by atoms with Crippen molar-refractivity contribution >= 4 is 15.8 Å². The molecular formula is C9H14N4O4S. The SMILES string of the molecule is O=C(O)c1cn(CCN2CCS(=O)(=O)CC2)nn1. The third-order valence-corrected chi connectivity index (χ3v) is 4.45. The summed E-state index contributed by atoms with van der Waals surface area (Å²) in [4.78, 5) is 12.6. The van der Waals surface area contributed by atoms with Gasteiger partial charge in [0.15, 0.2) is 15.5 Å². The van der Waals surface area contributed by atoms with Crippen molar-refractivity contribution in [1.29, 1.82) is 0 Å². The zero-order valence-corrected chi connectivity index (χ0v) is 10.5. The maximum atomic E-state index is 11.2. The van der Waals surface area contributed by atoms with Crippen molar-refractivity contribution in [2.24, 2.45) is 0 Å². The summed E-state index contributed by atoms with van der Waals surface area (Å²) in [7, 11) is -2.86. The summed E-state index contributed by atoms with van der Waals surface area (Å²) in [5.74, 6) is -0.736. The first-order valence-electron chi connectivity index (χ1n) is 5.52. The van der Waals surface area contributed by atoms with Crippen molar-refractivity contribution in [1.82, 2.24) is 19.9 Å². The number of hydrogen-bond acceptors (Lipinski definition) is 6. The molecule has 0 unspecified atom stereocenters. The average Bonchev–Trinajstić information content (AvgIpc) is 2.76. The number of rotatable bonds is 4. The van der Waals surface area contributed by atoms with Gasteiger partial charge in [-0.05, 0) is 0 Å². The van der Waals surface area contributed by atoms with Crippen LogP contribution in [0.15, 0.2) is 6.20 Å². The predicted octanol–water partition coefficient (Wildman–Crippen LogP) is -1.29. The van der Waals surface area contributed by atoms with Crippen LogP contribution >= 0.6 is 0 Å². The summed E-state index contributed by atoms with van der Waals surface area (Å²) in [6.45, 7) is 2.17. The van der Waals surface area contributed by atoms with Crippen LogP contribution in [0.25, 0.3) is 0 Å². The minimum Gasteiger partial charge on any atom is -0.476 e. The van der Waals surface area contributed by atoms with Crippen LogP contribution in [0.4, 0.5) is 0 Å².